The van der Waals surface area contributed by atoms with Crippen LogP contribution >= 0.6 is 0 Å². The fraction of sp³-hybridized carbons (Fsp3) is 0.439. The molecule has 1 amide bonds. The summed E-state index contributed by atoms with van der Waals surface area (Å²) in [7, 11) is 1.54. The van der Waals surface area contributed by atoms with Gasteiger partial charge in [0.2, 0.25) is 5.88 Å². The molecule has 0 spiro atoms. The standard InChI is InChI=1S/C41H49N3O5/c1-7-28-23-27(15-18-34(28)29-19-21-43(22-20-29)40(46)49-41(3,4)5)24-32-17-16-30-11-10-14-35(37(30)32)31-12-9-13-33(25-31)44-38(47-6)36(26-42-44)39(45)48-8-2/h9-15,18,23,25-26,29,32H,7-8,16-17,19-22,24H2,1-6H3/t32-/m1/s1. The highest BCUT2D eigenvalue weighted by Crippen LogP contribution is 2.43. The SMILES string of the molecule is CCOC(=O)c1cnn(-c2cccc(-c3cccc4c3[C@@H](Cc3ccc(C5CCN(C(=O)OC(C)(C)C)CC5)c(CC)c3)CC4)c2)c1OC. The quantitative estimate of drug-likeness (QED) is 0.167. The fourth-order valence-electron chi connectivity index (χ4n) is 7.59. The van der Waals surface area contributed by atoms with Crippen LogP contribution < -0.4 is 4.74 Å². The fourth-order valence-corrected chi connectivity index (χ4v) is 7.59. The highest BCUT2D eigenvalue weighted by molar-refractivity contribution is 5.92. The van der Waals surface area contributed by atoms with E-state index in [0.717, 1.165) is 62.9 Å². The topological polar surface area (TPSA) is 82.9 Å². The van der Waals surface area contributed by atoms with Crippen molar-refractivity contribution in [2.24, 2.45) is 0 Å². The second-order valence-corrected chi connectivity index (χ2v) is 14.2. The molecular weight excluding hydrogens is 614 g/mol. The summed E-state index contributed by atoms with van der Waals surface area (Å²) in [5, 5.41) is 4.49. The molecule has 2 heterocycles. The number of carbonyl (C=O) groups is 2. The van der Waals surface area contributed by atoms with Crippen molar-refractivity contribution in [3.63, 3.8) is 0 Å². The number of aromatic nitrogens is 2. The minimum absolute atomic E-state index is 0.204. The lowest BCUT2D eigenvalue weighted by molar-refractivity contribution is 0.0204. The summed E-state index contributed by atoms with van der Waals surface area (Å²) in [6.45, 7) is 11.5. The minimum Gasteiger partial charge on any atom is -0.480 e. The third kappa shape index (κ3) is 7.38. The molecule has 4 aromatic rings. The van der Waals surface area contributed by atoms with Gasteiger partial charge in [0, 0.05) is 13.1 Å². The number of nitrogens with zero attached hydrogens (tertiary/aromatic N) is 3. The Balaban J connectivity index is 1.21. The summed E-state index contributed by atoms with van der Waals surface area (Å²) in [6, 6.07) is 22.1. The molecule has 49 heavy (non-hydrogen) atoms. The highest BCUT2D eigenvalue weighted by Gasteiger charge is 2.30. The normalized spacial score (nSPS) is 16.4. The van der Waals surface area contributed by atoms with E-state index < -0.39 is 11.6 Å². The predicted octanol–water partition coefficient (Wildman–Crippen LogP) is 8.67. The smallest absolute Gasteiger partial charge is 0.410 e. The van der Waals surface area contributed by atoms with Gasteiger partial charge in [0.05, 0.1) is 25.6 Å². The van der Waals surface area contributed by atoms with Crippen molar-refractivity contribution in [2.75, 3.05) is 26.8 Å². The molecule has 1 aromatic heterocycles. The number of hydrogen-bond acceptors (Lipinski definition) is 6. The molecule has 0 saturated carbocycles. The van der Waals surface area contributed by atoms with Gasteiger partial charge in [-0.05, 0) is 129 Å². The molecule has 2 aliphatic rings. The molecule has 1 fully saturated rings. The summed E-state index contributed by atoms with van der Waals surface area (Å²) in [6.07, 6.45) is 7.38. The van der Waals surface area contributed by atoms with Gasteiger partial charge in [0.1, 0.15) is 11.2 Å². The number of aryl methyl sites for hydroxylation is 2. The lowest BCUT2D eigenvalue weighted by Gasteiger charge is -2.34. The monoisotopic (exact) mass is 663 g/mol. The average molecular weight is 664 g/mol. The van der Waals surface area contributed by atoms with Crippen molar-refractivity contribution in [3.05, 3.63) is 100 Å². The van der Waals surface area contributed by atoms with Gasteiger partial charge < -0.3 is 19.1 Å². The van der Waals surface area contributed by atoms with Gasteiger partial charge in [0.25, 0.3) is 0 Å². The summed E-state index contributed by atoms with van der Waals surface area (Å²) < 4.78 is 18.1. The van der Waals surface area contributed by atoms with E-state index in [-0.39, 0.29) is 12.7 Å². The zero-order chi connectivity index (χ0) is 34.7. The first-order valence-corrected chi connectivity index (χ1v) is 17.7. The van der Waals surface area contributed by atoms with Crippen LogP contribution in [0.4, 0.5) is 4.79 Å². The Labute approximate surface area is 290 Å². The molecule has 1 aliphatic carbocycles. The first kappa shape index (κ1) is 34.3. The molecule has 3 aromatic carbocycles. The van der Waals surface area contributed by atoms with Crippen LogP contribution in [0, 0.1) is 0 Å². The third-order valence-corrected chi connectivity index (χ3v) is 9.84. The van der Waals surface area contributed by atoms with Crippen molar-refractivity contribution in [1.29, 1.82) is 0 Å². The lowest BCUT2D eigenvalue weighted by atomic mass is 9.83. The maximum atomic E-state index is 12.6. The van der Waals surface area contributed by atoms with Gasteiger partial charge in [-0.3, -0.25) is 0 Å². The van der Waals surface area contributed by atoms with Crippen LogP contribution in [0.3, 0.4) is 0 Å². The van der Waals surface area contributed by atoms with E-state index >= 15 is 0 Å². The second kappa shape index (κ2) is 14.5. The number of hydrogen-bond donors (Lipinski definition) is 0. The number of rotatable bonds is 9. The van der Waals surface area contributed by atoms with Gasteiger partial charge in [-0.2, -0.15) is 5.10 Å². The first-order valence-electron chi connectivity index (χ1n) is 17.7. The van der Waals surface area contributed by atoms with E-state index in [4.69, 9.17) is 14.2 Å². The van der Waals surface area contributed by atoms with Crippen LogP contribution in [0.2, 0.25) is 0 Å². The average Bonchev–Trinajstić information content (AvgIpc) is 3.72. The van der Waals surface area contributed by atoms with Crippen LogP contribution in [0.5, 0.6) is 5.88 Å². The van der Waals surface area contributed by atoms with E-state index in [1.165, 1.54) is 39.6 Å². The molecule has 0 N–H and O–H groups in total. The first-order chi connectivity index (χ1) is 23.6. The van der Waals surface area contributed by atoms with Crippen LogP contribution in [0.15, 0.2) is 66.9 Å². The zero-order valence-corrected chi connectivity index (χ0v) is 29.8. The summed E-state index contributed by atoms with van der Waals surface area (Å²) in [5.74, 6) is 0.775. The highest BCUT2D eigenvalue weighted by atomic mass is 16.6. The van der Waals surface area contributed by atoms with Crippen molar-refractivity contribution >= 4 is 12.1 Å². The molecule has 0 radical (unpaired) electrons. The number of esters is 1. The molecule has 0 unspecified atom stereocenters. The number of ether oxygens (including phenoxy) is 3. The molecule has 258 valence electrons. The largest absolute Gasteiger partial charge is 0.480 e. The number of carbonyl (C=O) groups excluding carboxylic acids is 2. The van der Waals surface area contributed by atoms with Gasteiger partial charge >= 0.3 is 12.1 Å². The Kier molecular flexibility index (Phi) is 10.1. The molecule has 1 saturated heterocycles. The number of amides is 1. The number of piperidine rings is 1. The Morgan fingerprint density at radius 1 is 0.959 bits per heavy atom. The van der Waals surface area contributed by atoms with E-state index in [0.29, 0.717) is 23.3 Å². The number of fused-ring (bicyclic) bond motifs is 1. The minimum atomic E-state index is -0.477. The van der Waals surface area contributed by atoms with E-state index in [9.17, 15) is 9.59 Å². The van der Waals surface area contributed by atoms with Gasteiger partial charge in [-0.25, -0.2) is 14.3 Å². The van der Waals surface area contributed by atoms with E-state index in [1.54, 1.807) is 18.7 Å². The van der Waals surface area contributed by atoms with Crippen LogP contribution in [-0.4, -0.2) is 59.2 Å². The van der Waals surface area contributed by atoms with Crippen molar-refractivity contribution < 1.29 is 23.8 Å². The molecule has 8 heteroatoms. The second-order valence-electron chi connectivity index (χ2n) is 14.2. The molecule has 1 atom stereocenters. The number of likely N-dealkylation sites (tertiary alicyclic amines) is 1. The maximum Gasteiger partial charge on any atom is 0.410 e. The molecule has 1 aliphatic heterocycles. The lowest BCUT2D eigenvalue weighted by Crippen LogP contribution is -2.41. The van der Waals surface area contributed by atoms with Crippen molar-refractivity contribution in [3.8, 4) is 22.7 Å². The summed E-state index contributed by atoms with van der Waals surface area (Å²) in [5.41, 5.74) is 10.1. The molecular formula is C41H49N3O5. The Hall–Kier alpha value is -4.59. The van der Waals surface area contributed by atoms with Gasteiger partial charge in [-0.15, -0.1) is 0 Å². The summed E-state index contributed by atoms with van der Waals surface area (Å²) in [4.78, 5) is 27.0. The van der Waals surface area contributed by atoms with Crippen molar-refractivity contribution in [1.82, 2.24) is 14.7 Å². The Bertz CT molecular complexity index is 1810. The predicted molar refractivity (Wildman–Crippen MR) is 192 cm³/mol. The van der Waals surface area contributed by atoms with Crippen LogP contribution in [0.25, 0.3) is 16.8 Å². The Morgan fingerprint density at radius 3 is 2.45 bits per heavy atom. The van der Waals surface area contributed by atoms with E-state index in [2.05, 4.69) is 60.6 Å². The third-order valence-electron chi connectivity index (χ3n) is 9.84. The van der Waals surface area contributed by atoms with E-state index in [1.807, 2.05) is 37.8 Å². The van der Waals surface area contributed by atoms with Crippen LogP contribution in [0.1, 0.15) is 104 Å². The number of methoxy groups -OCH3 is 1. The molecule has 0 bridgehead atoms. The van der Waals surface area contributed by atoms with Gasteiger partial charge in [0.15, 0.2) is 0 Å². The Morgan fingerprint density at radius 2 is 1.73 bits per heavy atom. The molecule has 8 nitrogen and oxygen atoms in total. The number of benzene rings is 3. The zero-order valence-electron chi connectivity index (χ0n) is 29.8. The van der Waals surface area contributed by atoms with Crippen LogP contribution in [-0.2, 0) is 28.7 Å². The molecule has 6 rings (SSSR count). The van der Waals surface area contributed by atoms with Crippen molar-refractivity contribution in [2.45, 2.75) is 90.6 Å². The van der Waals surface area contributed by atoms with Gasteiger partial charge in [-0.1, -0.05) is 55.5 Å². The summed E-state index contributed by atoms with van der Waals surface area (Å²) >= 11 is 0. The maximum absolute atomic E-state index is 12.6.